The fourth-order valence-electron chi connectivity index (χ4n) is 5.88. The average molecular weight is 500 g/mol. The molecule has 1 saturated carbocycles. The quantitative estimate of drug-likeness (QED) is 0.630. The van der Waals surface area contributed by atoms with Gasteiger partial charge in [-0.2, -0.15) is 0 Å². The molecule has 1 atom stereocenters. The molecule has 1 aromatic heterocycles. The molecule has 7 nitrogen and oxygen atoms in total. The van der Waals surface area contributed by atoms with Crippen molar-refractivity contribution in [2.75, 3.05) is 6.79 Å². The fourth-order valence-corrected chi connectivity index (χ4v) is 5.88. The SMILES string of the molecule is CC1(C(=O)NC2CCCCC2)Cn2c(ccc2C2=CC=CC=CC2)C(=O)N1Cc1ccc2c(c1)OCO2. The number of rotatable bonds is 5. The van der Waals surface area contributed by atoms with Gasteiger partial charge in [-0.15, -0.1) is 0 Å². The second-order valence-electron chi connectivity index (χ2n) is 10.6. The number of aromatic nitrogens is 1. The highest BCUT2D eigenvalue weighted by molar-refractivity contribution is 6.00. The van der Waals surface area contributed by atoms with E-state index in [4.69, 9.17) is 9.47 Å². The minimum Gasteiger partial charge on any atom is -0.454 e. The van der Waals surface area contributed by atoms with Crippen molar-refractivity contribution < 1.29 is 19.1 Å². The van der Waals surface area contributed by atoms with Crippen LogP contribution in [-0.4, -0.2) is 39.7 Å². The predicted octanol–water partition coefficient (Wildman–Crippen LogP) is 4.98. The topological polar surface area (TPSA) is 72.8 Å². The number of fused-ring (bicyclic) bond motifs is 2. The summed E-state index contributed by atoms with van der Waals surface area (Å²) in [7, 11) is 0. The Morgan fingerprint density at radius 2 is 1.84 bits per heavy atom. The molecule has 1 N–H and O–H groups in total. The molecule has 0 bridgehead atoms. The van der Waals surface area contributed by atoms with Gasteiger partial charge in [0.25, 0.3) is 5.91 Å². The summed E-state index contributed by atoms with van der Waals surface area (Å²) in [5, 5.41) is 3.31. The number of nitrogens with one attached hydrogen (secondary N) is 1. The van der Waals surface area contributed by atoms with Crippen LogP contribution in [0.5, 0.6) is 11.5 Å². The third-order valence-electron chi connectivity index (χ3n) is 8.04. The lowest BCUT2D eigenvalue weighted by atomic mass is 9.90. The maximum absolute atomic E-state index is 14.1. The number of amides is 2. The Kier molecular flexibility index (Phi) is 6.14. The summed E-state index contributed by atoms with van der Waals surface area (Å²) >= 11 is 0. The van der Waals surface area contributed by atoms with Gasteiger partial charge in [-0.25, -0.2) is 0 Å². The highest BCUT2D eigenvalue weighted by Crippen LogP contribution is 2.37. The molecule has 2 aromatic rings. The first kappa shape index (κ1) is 23.6. The van der Waals surface area contributed by atoms with Crippen molar-refractivity contribution >= 4 is 17.4 Å². The lowest BCUT2D eigenvalue weighted by Gasteiger charge is -2.45. The van der Waals surface area contributed by atoms with Crippen molar-refractivity contribution in [2.45, 2.75) is 70.1 Å². The Labute approximate surface area is 217 Å². The summed E-state index contributed by atoms with van der Waals surface area (Å²) in [5.74, 6) is 1.14. The van der Waals surface area contributed by atoms with Gasteiger partial charge in [0.15, 0.2) is 11.5 Å². The first-order valence-corrected chi connectivity index (χ1v) is 13.3. The molecule has 1 unspecified atom stereocenters. The van der Waals surface area contributed by atoms with Crippen LogP contribution in [0, 0.1) is 0 Å². The number of carbonyl (C=O) groups excluding carboxylic acids is 2. The minimum atomic E-state index is -1.05. The van der Waals surface area contributed by atoms with Crippen LogP contribution in [0.15, 0.2) is 60.7 Å². The van der Waals surface area contributed by atoms with Crippen LogP contribution in [0.2, 0.25) is 0 Å². The molecular formula is C30H33N3O4. The normalized spacial score (nSPS) is 23.0. The molecule has 192 valence electrons. The monoisotopic (exact) mass is 499 g/mol. The summed E-state index contributed by atoms with van der Waals surface area (Å²) < 4.78 is 13.1. The van der Waals surface area contributed by atoms with Gasteiger partial charge in [-0.1, -0.05) is 55.7 Å². The standard InChI is InChI=1S/C30H33N3O4/c1-30(29(35)31-23-11-7-4-8-12-23)19-32-24(22-9-5-2-3-6-10-22)14-15-25(32)28(34)33(30)18-21-13-16-26-27(17-21)37-20-36-26/h2-3,5-6,9,13-17,23H,4,7-8,10-12,18-20H2,1H3,(H,31,35). The van der Waals surface area contributed by atoms with E-state index in [9.17, 15) is 9.59 Å². The number of benzene rings is 1. The zero-order valence-corrected chi connectivity index (χ0v) is 21.2. The molecule has 7 heteroatoms. The molecular weight excluding hydrogens is 466 g/mol. The molecule has 2 aliphatic heterocycles. The van der Waals surface area contributed by atoms with Crippen LogP contribution in [-0.2, 0) is 17.9 Å². The minimum absolute atomic E-state index is 0.0894. The van der Waals surface area contributed by atoms with Crippen LogP contribution < -0.4 is 14.8 Å². The van der Waals surface area contributed by atoms with Crippen molar-refractivity contribution in [1.82, 2.24) is 14.8 Å². The van der Waals surface area contributed by atoms with Gasteiger partial charge in [0, 0.05) is 18.3 Å². The van der Waals surface area contributed by atoms with Crippen LogP contribution in [0.25, 0.3) is 5.57 Å². The number of hydrogen-bond acceptors (Lipinski definition) is 4. The summed E-state index contributed by atoms with van der Waals surface area (Å²) in [6.07, 6.45) is 16.5. The summed E-state index contributed by atoms with van der Waals surface area (Å²) in [4.78, 5) is 29.8. The van der Waals surface area contributed by atoms with Crippen LogP contribution >= 0.6 is 0 Å². The predicted molar refractivity (Wildman–Crippen MR) is 141 cm³/mol. The van der Waals surface area contributed by atoms with Crippen LogP contribution in [0.1, 0.15) is 67.2 Å². The second-order valence-corrected chi connectivity index (χ2v) is 10.6. The van der Waals surface area contributed by atoms with E-state index in [-0.39, 0.29) is 24.6 Å². The van der Waals surface area contributed by atoms with E-state index < -0.39 is 5.54 Å². The van der Waals surface area contributed by atoms with Crippen molar-refractivity contribution in [3.63, 3.8) is 0 Å². The molecule has 4 aliphatic rings. The van der Waals surface area contributed by atoms with Crippen molar-refractivity contribution in [1.29, 1.82) is 0 Å². The molecule has 0 radical (unpaired) electrons. The molecule has 0 saturated heterocycles. The molecule has 3 heterocycles. The molecule has 2 amide bonds. The van der Waals surface area contributed by atoms with E-state index in [1.165, 1.54) is 6.42 Å². The van der Waals surface area contributed by atoms with Gasteiger partial charge in [-0.3, -0.25) is 9.59 Å². The first-order valence-electron chi connectivity index (χ1n) is 13.3. The molecule has 6 rings (SSSR count). The number of allylic oxidation sites excluding steroid dienone is 6. The number of ether oxygens (including phenoxy) is 2. The van der Waals surface area contributed by atoms with E-state index >= 15 is 0 Å². The Morgan fingerprint density at radius 3 is 2.70 bits per heavy atom. The third-order valence-corrected chi connectivity index (χ3v) is 8.04. The third kappa shape index (κ3) is 4.37. The van der Waals surface area contributed by atoms with Gasteiger partial charge in [0.1, 0.15) is 11.2 Å². The Balaban J connectivity index is 1.37. The van der Waals surface area contributed by atoms with Gasteiger partial charge >= 0.3 is 0 Å². The Morgan fingerprint density at radius 1 is 1.03 bits per heavy atom. The second kappa shape index (κ2) is 9.61. The van der Waals surface area contributed by atoms with Crippen molar-refractivity contribution in [3.8, 4) is 11.5 Å². The highest BCUT2D eigenvalue weighted by Gasteiger charge is 2.48. The van der Waals surface area contributed by atoms with E-state index in [1.54, 1.807) is 4.90 Å². The summed E-state index contributed by atoms with van der Waals surface area (Å²) in [6, 6.07) is 9.77. The maximum atomic E-state index is 14.1. The lowest BCUT2D eigenvalue weighted by molar-refractivity contribution is -0.134. The van der Waals surface area contributed by atoms with E-state index in [2.05, 4.69) is 17.5 Å². The molecule has 0 spiro atoms. The number of hydrogen-bond donors (Lipinski definition) is 1. The number of carbonyl (C=O) groups is 2. The largest absolute Gasteiger partial charge is 0.454 e. The summed E-state index contributed by atoms with van der Waals surface area (Å²) in [6.45, 7) is 2.80. The zero-order valence-electron chi connectivity index (χ0n) is 21.2. The van der Waals surface area contributed by atoms with Gasteiger partial charge in [0.2, 0.25) is 12.7 Å². The van der Waals surface area contributed by atoms with Crippen LogP contribution in [0.3, 0.4) is 0 Å². The highest BCUT2D eigenvalue weighted by atomic mass is 16.7. The van der Waals surface area contributed by atoms with E-state index in [1.807, 2.05) is 60.1 Å². The smallest absolute Gasteiger partial charge is 0.271 e. The van der Waals surface area contributed by atoms with Gasteiger partial charge < -0.3 is 24.3 Å². The van der Waals surface area contributed by atoms with Crippen LogP contribution in [0.4, 0.5) is 0 Å². The molecule has 2 aliphatic carbocycles. The van der Waals surface area contributed by atoms with Gasteiger partial charge in [0.05, 0.1) is 6.54 Å². The molecule has 1 fully saturated rings. The number of nitrogens with zero attached hydrogens (tertiary/aromatic N) is 2. The maximum Gasteiger partial charge on any atom is 0.271 e. The lowest BCUT2D eigenvalue weighted by Crippen LogP contribution is -2.64. The van der Waals surface area contributed by atoms with Crippen molar-refractivity contribution in [2.24, 2.45) is 0 Å². The average Bonchev–Trinajstić information content (AvgIpc) is 3.45. The van der Waals surface area contributed by atoms with E-state index in [0.29, 0.717) is 30.3 Å². The van der Waals surface area contributed by atoms with E-state index in [0.717, 1.165) is 48.9 Å². The first-order chi connectivity index (χ1) is 18.0. The van der Waals surface area contributed by atoms with Gasteiger partial charge in [-0.05, 0) is 61.6 Å². The molecule has 1 aromatic carbocycles. The zero-order chi connectivity index (χ0) is 25.4. The summed E-state index contributed by atoms with van der Waals surface area (Å²) in [5.41, 5.74) is 2.57. The fraction of sp³-hybridized carbons (Fsp3) is 0.400. The van der Waals surface area contributed by atoms with Crippen molar-refractivity contribution in [3.05, 3.63) is 77.7 Å². The molecule has 37 heavy (non-hydrogen) atoms. The Bertz CT molecular complexity index is 1310. The Hall–Kier alpha value is -3.74.